The van der Waals surface area contributed by atoms with Crippen molar-refractivity contribution >= 4 is 34.2 Å². The maximum atomic E-state index is 5.59. The average Bonchev–Trinajstić information content (AvgIpc) is 2.69. The van der Waals surface area contributed by atoms with Gasteiger partial charge in [0.2, 0.25) is 0 Å². The number of anilines is 1. The van der Waals surface area contributed by atoms with Gasteiger partial charge in [0, 0.05) is 16.8 Å². The van der Waals surface area contributed by atoms with Gasteiger partial charge in [-0.3, -0.25) is 4.98 Å². The number of aromatic nitrogens is 2. The lowest BCUT2D eigenvalue weighted by Crippen LogP contribution is -2.13. The van der Waals surface area contributed by atoms with Crippen molar-refractivity contribution in [1.82, 2.24) is 9.97 Å². The van der Waals surface area contributed by atoms with Gasteiger partial charge in [-0.25, -0.2) is 4.98 Å². The zero-order valence-corrected chi connectivity index (χ0v) is 12.7. The molecule has 0 bridgehead atoms. The van der Waals surface area contributed by atoms with Crippen LogP contribution in [0.5, 0.6) is 0 Å². The van der Waals surface area contributed by atoms with Gasteiger partial charge >= 0.3 is 0 Å². The molecule has 1 atom stereocenters. The summed E-state index contributed by atoms with van der Waals surface area (Å²) < 4.78 is 0. The highest BCUT2D eigenvalue weighted by molar-refractivity contribution is 7.80. The smallest absolute Gasteiger partial charge is 0.122 e. The van der Waals surface area contributed by atoms with Gasteiger partial charge in [0.05, 0.1) is 22.4 Å². The van der Waals surface area contributed by atoms with Crippen molar-refractivity contribution in [1.29, 1.82) is 0 Å². The van der Waals surface area contributed by atoms with Crippen LogP contribution in [0.1, 0.15) is 34.2 Å². The Hall–Kier alpha value is -1.53. The number of pyridine rings is 1. The molecule has 0 amide bonds. The molecule has 2 aromatic heterocycles. The van der Waals surface area contributed by atoms with Gasteiger partial charge in [-0.1, -0.05) is 12.2 Å². The van der Waals surface area contributed by atoms with Crippen LogP contribution in [0.4, 0.5) is 5.69 Å². The molecule has 0 saturated heterocycles. The normalized spacial score (nSPS) is 12.2. The van der Waals surface area contributed by atoms with Gasteiger partial charge in [-0.15, -0.1) is 11.3 Å². The molecule has 4 nitrogen and oxygen atoms in total. The summed E-state index contributed by atoms with van der Waals surface area (Å²) >= 11 is 6.64. The summed E-state index contributed by atoms with van der Waals surface area (Å²) in [6, 6.07) is 3.96. The number of thiocarbonyl (C=S) groups is 1. The lowest BCUT2D eigenvalue weighted by atomic mass is 10.2. The van der Waals surface area contributed by atoms with E-state index >= 15 is 0 Å². The molecular formula is C13H16N4S2. The SMILES string of the molecule is Cc1nc(C)c(C(C)Nc2ccnc(C(N)=S)c2)s1. The summed E-state index contributed by atoms with van der Waals surface area (Å²) in [5.41, 5.74) is 8.24. The van der Waals surface area contributed by atoms with E-state index in [0.29, 0.717) is 10.7 Å². The Morgan fingerprint density at radius 3 is 2.79 bits per heavy atom. The van der Waals surface area contributed by atoms with E-state index in [9.17, 15) is 0 Å². The second-order valence-corrected chi connectivity index (χ2v) is 6.02. The fourth-order valence-electron chi connectivity index (χ4n) is 1.92. The molecule has 6 heteroatoms. The monoisotopic (exact) mass is 292 g/mol. The Morgan fingerprint density at radius 1 is 1.47 bits per heavy atom. The van der Waals surface area contributed by atoms with Crippen LogP contribution in [-0.4, -0.2) is 15.0 Å². The third-order valence-corrected chi connectivity index (χ3v) is 4.19. The van der Waals surface area contributed by atoms with Gasteiger partial charge in [-0.2, -0.15) is 0 Å². The molecule has 2 rings (SSSR count). The molecule has 0 aliphatic heterocycles. The van der Waals surface area contributed by atoms with E-state index in [1.54, 1.807) is 17.5 Å². The number of hydrogen-bond donors (Lipinski definition) is 2. The van der Waals surface area contributed by atoms with Crippen LogP contribution in [0.15, 0.2) is 18.3 Å². The highest BCUT2D eigenvalue weighted by Crippen LogP contribution is 2.27. The largest absolute Gasteiger partial charge is 0.388 e. The summed E-state index contributed by atoms with van der Waals surface area (Å²) in [5, 5.41) is 4.51. The Bertz CT molecular complexity index is 606. The summed E-state index contributed by atoms with van der Waals surface area (Å²) in [6.45, 7) is 6.16. The number of thiazole rings is 1. The Kier molecular flexibility index (Phi) is 4.11. The maximum Gasteiger partial charge on any atom is 0.122 e. The predicted molar refractivity (Wildman–Crippen MR) is 83.8 cm³/mol. The molecule has 19 heavy (non-hydrogen) atoms. The van der Waals surface area contributed by atoms with E-state index in [4.69, 9.17) is 18.0 Å². The molecule has 0 aliphatic carbocycles. The summed E-state index contributed by atoms with van der Waals surface area (Å²) in [5.74, 6) is 0. The lowest BCUT2D eigenvalue weighted by Gasteiger charge is -2.14. The van der Waals surface area contributed by atoms with Gasteiger partial charge in [0.25, 0.3) is 0 Å². The molecule has 0 saturated carbocycles. The highest BCUT2D eigenvalue weighted by atomic mass is 32.1. The molecule has 0 aromatic carbocycles. The van der Waals surface area contributed by atoms with Crippen molar-refractivity contribution in [2.24, 2.45) is 5.73 Å². The molecule has 3 N–H and O–H groups in total. The van der Waals surface area contributed by atoms with Crippen molar-refractivity contribution in [2.75, 3.05) is 5.32 Å². The van der Waals surface area contributed by atoms with Gasteiger partial charge < -0.3 is 11.1 Å². The molecule has 0 spiro atoms. The molecule has 0 aliphatic rings. The summed E-state index contributed by atoms with van der Waals surface area (Å²) in [4.78, 5) is 10.1. The highest BCUT2D eigenvalue weighted by Gasteiger charge is 2.13. The maximum absolute atomic E-state index is 5.59. The zero-order chi connectivity index (χ0) is 14.0. The van der Waals surface area contributed by atoms with Crippen LogP contribution >= 0.6 is 23.6 Å². The molecule has 2 aromatic rings. The van der Waals surface area contributed by atoms with Crippen molar-refractivity contribution in [3.8, 4) is 0 Å². The van der Waals surface area contributed by atoms with Crippen LogP contribution in [0.2, 0.25) is 0 Å². The second kappa shape index (κ2) is 5.63. The minimum absolute atomic E-state index is 0.188. The molecule has 2 heterocycles. The van der Waals surface area contributed by atoms with Crippen LogP contribution < -0.4 is 11.1 Å². The summed E-state index contributed by atoms with van der Waals surface area (Å²) in [7, 11) is 0. The fraction of sp³-hybridized carbons (Fsp3) is 0.308. The van der Waals surface area contributed by atoms with Crippen molar-refractivity contribution < 1.29 is 0 Å². The minimum Gasteiger partial charge on any atom is -0.388 e. The molecular weight excluding hydrogens is 276 g/mol. The lowest BCUT2D eigenvalue weighted by molar-refractivity contribution is 0.889. The zero-order valence-electron chi connectivity index (χ0n) is 11.1. The number of hydrogen-bond acceptors (Lipinski definition) is 5. The van der Waals surface area contributed by atoms with E-state index in [-0.39, 0.29) is 6.04 Å². The van der Waals surface area contributed by atoms with E-state index in [1.165, 1.54) is 4.88 Å². The van der Waals surface area contributed by atoms with Gasteiger partial charge in [0.1, 0.15) is 4.99 Å². The standard InChI is InChI=1S/C13H16N4S2/c1-7-12(19-9(3)16-7)8(2)17-10-4-5-15-11(6-10)13(14)18/h4-6,8H,1-3H3,(H2,14,18)(H,15,17). The number of nitrogens with one attached hydrogen (secondary N) is 1. The van der Waals surface area contributed by atoms with Crippen LogP contribution in [0.3, 0.4) is 0 Å². The second-order valence-electron chi connectivity index (χ2n) is 4.34. The van der Waals surface area contributed by atoms with Gasteiger partial charge in [0.15, 0.2) is 0 Å². The third kappa shape index (κ3) is 3.27. The van der Waals surface area contributed by atoms with Gasteiger partial charge in [-0.05, 0) is 32.9 Å². The van der Waals surface area contributed by atoms with E-state index < -0.39 is 0 Å². The first-order valence-corrected chi connectivity index (χ1v) is 7.16. The van der Waals surface area contributed by atoms with E-state index in [0.717, 1.165) is 16.4 Å². The number of nitrogens with zero attached hydrogens (tertiary/aromatic N) is 2. The molecule has 0 radical (unpaired) electrons. The minimum atomic E-state index is 0.188. The average molecular weight is 292 g/mol. The Balaban J connectivity index is 2.19. The third-order valence-electron chi connectivity index (χ3n) is 2.73. The number of aryl methyl sites for hydroxylation is 2. The van der Waals surface area contributed by atoms with Crippen molar-refractivity contribution in [3.63, 3.8) is 0 Å². The molecule has 0 fully saturated rings. The molecule has 1 unspecified atom stereocenters. The first kappa shape index (κ1) is 13.9. The van der Waals surface area contributed by atoms with E-state index in [1.807, 2.05) is 26.0 Å². The molecule has 100 valence electrons. The first-order chi connectivity index (χ1) is 8.97. The van der Waals surface area contributed by atoms with Crippen molar-refractivity contribution in [2.45, 2.75) is 26.8 Å². The summed E-state index contributed by atoms with van der Waals surface area (Å²) in [6.07, 6.45) is 1.70. The van der Waals surface area contributed by atoms with Crippen LogP contribution in [0.25, 0.3) is 0 Å². The van der Waals surface area contributed by atoms with E-state index in [2.05, 4.69) is 22.2 Å². The Labute approximate surface area is 122 Å². The predicted octanol–water partition coefficient (Wildman–Crippen LogP) is 2.96. The van der Waals surface area contributed by atoms with Crippen molar-refractivity contribution in [3.05, 3.63) is 39.6 Å². The number of rotatable bonds is 4. The first-order valence-electron chi connectivity index (χ1n) is 5.93. The topological polar surface area (TPSA) is 63.8 Å². The number of nitrogens with two attached hydrogens (primary N) is 1. The quantitative estimate of drug-likeness (QED) is 0.848. The Morgan fingerprint density at radius 2 is 2.21 bits per heavy atom. The van der Waals surface area contributed by atoms with Crippen LogP contribution in [0, 0.1) is 13.8 Å². The fourth-order valence-corrected chi connectivity index (χ4v) is 2.96. The van der Waals surface area contributed by atoms with Crippen LogP contribution in [-0.2, 0) is 0 Å².